The number of carbonyl (C=O) groups is 1. The second-order valence-corrected chi connectivity index (χ2v) is 21.6. The molecule has 0 radical (unpaired) electrons. The summed E-state index contributed by atoms with van der Waals surface area (Å²) in [6.45, 7) is 25.1. The van der Waals surface area contributed by atoms with Crippen LogP contribution in [0.4, 0.5) is 0 Å². The van der Waals surface area contributed by atoms with Gasteiger partial charge in [-0.1, -0.05) is 72.4 Å². The predicted molar refractivity (Wildman–Crippen MR) is 171 cm³/mol. The van der Waals surface area contributed by atoms with Crippen molar-refractivity contribution in [3.63, 3.8) is 0 Å². The standard InChI is InChI=1S/C32H56O6Si2/c1-13-40(14-2,15-3)38-30(26(5)31(33)35-10)21-16-25(4)29(37-39(11,12)32(6,7)8)22-23-36-24-27-17-19-28(34-9)20-18-27/h16-21,26,29-30H,4,13-15,22-24H2,1-3,5-12H3/b21-16+/t26-,29-,30+/m0/s1. The molecule has 0 bridgehead atoms. The van der Waals surface area contributed by atoms with E-state index < -0.39 is 22.6 Å². The van der Waals surface area contributed by atoms with E-state index >= 15 is 0 Å². The molecule has 1 aromatic carbocycles. The maximum Gasteiger partial charge on any atom is 0.311 e. The van der Waals surface area contributed by atoms with Gasteiger partial charge in [-0.2, -0.15) is 0 Å². The fourth-order valence-corrected chi connectivity index (χ4v) is 8.39. The lowest BCUT2D eigenvalue weighted by Crippen LogP contribution is -2.44. The van der Waals surface area contributed by atoms with Gasteiger partial charge in [0.05, 0.1) is 39.0 Å². The first-order chi connectivity index (χ1) is 18.7. The lowest BCUT2D eigenvalue weighted by molar-refractivity contribution is -0.147. The fraction of sp³-hybridized carbons (Fsp3) is 0.656. The van der Waals surface area contributed by atoms with Crippen molar-refractivity contribution in [3.05, 3.63) is 54.1 Å². The van der Waals surface area contributed by atoms with Gasteiger partial charge in [-0.3, -0.25) is 4.79 Å². The van der Waals surface area contributed by atoms with Gasteiger partial charge in [-0.05, 0) is 72.9 Å². The monoisotopic (exact) mass is 592 g/mol. The summed E-state index contributed by atoms with van der Waals surface area (Å²) in [4.78, 5) is 12.5. The number of methoxy groups -OCH3 is 2. The molecular weight excluding hydrogens is 537 g/mol. The van der Waals surface area contributed by atoms with E-state index in [1.54, 1.807) is 7.11 Å². The molecule has 0 aromatic heterocycles. The van der Waals surface area contributed by atoms with Gasteiger partial charge < -0.3 is 23.1 Å². The van der Waals surface area contributed by atoms with Crippen molar-refractivity contribution < 1.29 is 27.9 Å². The van der Waals surface area contributed by atoms with Crippen LogP contribution in [0.25, 0.3) is 0 Å². The number of carbonyl (C=O) groups excluding carboxylic acids is 1. The molecule has 3 atom stereocenters. The number of rotatable bonds is 18. The Morgan fingerprint density at radius 1 is 1.00 bits per heavy atom. The van der Waals surface area contributed by atoms with E-state index in [1.807, 2.05) is 43.3 Å². The molecule has 0 heterocycles. The SMILES string of the molecule is C=C(/C=C/[C@@H](O[Si](CC)(CC)CC)[C@H](C)C(=O)OC)[C@H](CCOCc1ccc(OC)cc1)O[Si](C)(C)C(C)(C)C. The van der Waals surface area contributed by atoms with Crippen LogP contribution in [0.1, 0.15) is 60.5 Å². The third-order valence-corrected chi connectivity index (χ3v) is 17.6. The second kappa shape index (κ2) is 16.7. The summed E-state index contributed by atoms with van der Waals surface area (Å²) in [5.74, 6) is 0.140. The summed E-state index contributed by atoms with van der Waals surface area (Å²) in [7, 11) is -0.964. The summed E-state index contributed by atoms with van der Waals surface area (Å²) >= 11 is 0. The van der Waals surface area contributed by atoms with Crippen LogP contribution in [0, 0.1) is 5.92 Å². The van der Waals surface area contributed by atoms with Gasteiger partial charge in [-0.15, -0.1) is 0 Å². The van der Waals surface area contributed by atoms with Crippen molar-refractivity contribution in [1.82, 2.24) is 0 Å². The van der Waals surface area contributed by atoms with Gasteiger partial charge in [0, 0.05) is 6.61 Å². The molecule has 0 aliphatic rings. The average molecular weight is 593 g/mol. The van der Waals surface area contributed by atoms with E-state index in [9.17, 15) is 4.79 Å². The van der Waals surface area contributed by atoms with Crippen molar-refractivity contribution in [2.24, 2.45) is 5.92 Å². The van der Waals surface area contributed by atoms with Crippen LogP contribution in [-0.2, 0) is 29.7 Å². The van der Waals surface area contributed by atoms with E-state index in [4.69, 9.17) is 23.1 Å². The van der Waals surface area contributed by atoms with Gasteiger partial charge in [0.2, 0.25) is 0 Å². The first kappa shape index (κ1) is 36.3. The molecule has 0 unspecified atom stereocenters. The topological polar surface area (TPSA) is 63.2 Å². The van der Waals surface area contributed by atoms with Crippen LogP contribution >= 0.6 is 0 Å². The molecule has 0 saturated heterocycles. The molecule has 8 heteroatoms. The van der Waals surface area contributed by atoms with E-state index in [0.717, 1.165) is 35.0 Å². The maximum atomic E-state index is 12.5. The Kier molecular flexibility index (Phi) is 15.1. The molecule has 0 N–H and O–H groups in total. The van der Waals surface area contributed by atoms with E-state index in [0.29, 0.717) is 19.6 Å². The predicted octanol–water partition coefficient (Wildman–Crippen LogP) is 8.30. The molecule has 40 heavy (non-hydrogen) atoms. The molecular formula is C32H56O6Si2. The zero-order valence-corrected chi connectivity index (χ0v) is 29.1. The van der Waals surface area contributed by atoms with E-state index in [-0.39, 0.29) is 23.2 Å². The molecule has 0 spiro atoms. The number of hydrogen-bond acceptors (Lipinski definition) is 6. The molecule has 0 fully saturated rings. The highest BCUT2D eigenvalue weighted by molar-refractivity contribution is 6.74. The van der Waals surface area contributed by atoms with Crippen molar-refractivity contribution in [2.75, 3.05) is 20.8 Å². The summed E-state index contributed by atoms with van der Waals surface area (Å²) < 4.78 is 30.0. The van der Waals surface area contributed by atoms with Crippen LogP contribution in [0.15, 0.2) is 48.6 Å². The van der Waals surface area contributed by atoms with Gasteiger partial charge >= 0.3 is 5.97 Å². The number of esters is 1. The van der Waals surface area contributed by atoms with Crippen LogP contribution in [0.2, 0.25) is 36.3 Å². The lowest BCUT2D eigenvalue weighted by Gasteiger charge is -2.39. The second-order valence-electron chi connectivity index (χ2n) is 12.1. The highest BCUT2D eigenvalue weighted by Gasteiger charge is 2.40. The normalized spacial score (nSPS) is 15.1. The minimum absolute atomic E-state index is 0.0544. The van der Waals surface area contributed by atoms with Crippen molar-refractivity contribution >= 4 is 22.6 Å². The summed E-state index contributed by atoms with van der Waals surface area (Å²) in [5.41, 5.74) is 1.95. The maximum absolute atomic E-state index is 12.5. The minimum atomic E-state index is -2.09. The molecule has 0 saturated carbocycles. The Morgan fingerprint density at radius 2 is 1.57 bits per heavy atom. The minimum Gasteiger partial charge on any atom is -0.497 e. The van der Waals surface area contributed by atoms with Gasteiger partial charge in [0.1, 0.15) is 5.75 Å². The number of ether oxygens (including phenoxy) is 3. The van der Waals surface area contributed by atoms with Crippen molar-refractivity contribution in [1.29, 1.82) is 0 Å². The Hall–Kier alpha value is -1.72. The molecule has 6 nitrogen and oxygen atoms in total. The quantitative estimate of drug-likeness (QED) is 0.0739. The van der Waals surface area contributed by atoms with Gasteiger partial charge in [0.25, 0.3) is 0 Å². The fourth-order valence-electron chi connectivity index (χ4n) is 4.20. The Balaban J connectivity index is 3.12. The molecule has 228 valence electrons. The highest BCUT2D eigenvalue weighted by atomic mass is 28.4. The first-order valence-electron chi connectivity index (χ1n) is 14.7. The third kappa shape index (κ3) is 10.9. The van der Waals surface area contributed by atoms with Crippen LogP contribution < -0.4 is 4.74 Å². The zero-order chi connectivity index (χ0) is 30.6. The Bertz CT molecular complexity index is 923. The smallest absolute Gasteiger partial charge is 0.311 e. The molecule has 0 aliphatic carbocycles. The van der Waals surface area contributed by atoms with Crippen LogP contribution in [0.3, 0.4) is 0 Å². The van der Waals surface area contributed by atoms with Crippen molar-refractivity contribution in [2.45, 2.75) is 110 Å². The summed E-state index contributed by atoms with van der Waals surface area (Å²) in [5, 5.41) is 0.0544. The lowest BCUT2D eigenvalue weighted by atomic mass is 10.0. The third-order valence-electron chi connectivity index (χ3n) is 8.49. The zero-order valence-electron chi connectivity index (χ0n) is 27.1. The molecule has 1 aromatic rings. The molecule has 0 aliphatic heterocycles. The number of benzene rings is 1. The van der Waals surface area contributed by atoms with Crippen molar-refractivity contribution in [3.8, 4) is 5.75 Å². The van der Waals surface area contributed by atoms with Gasteiger partial charge in [0.15, 0.2) is 16.6 Å². The van der Waals surface area contributed by atoms with Gasteiger partial charge in [-0.25, -0.2) is 0 Å². The summed E-state index contributed by atoms with van der Waals surface area (Å²) in [6, 6.07) is 10.9. The molecule has 1 rings (SSSR count). The van der Waals surface area contributed by atoms with E-state index in [1.165, 1.54) is 7.11 Å². The molecule has 0 amide bonds. The Labute approximate surface area is 246 Å². The first-order valence-corrected chi connectivity index (χ1v) is 20.1. The average Bonchev–Trinajstić information content (AvgIpc) is 2.93. The largest absolute Gasteiger partial charge is 0.497 e. The number of hydrogen-bond donors (Lipinski definition) is 0. The van der Waals surface area contributed by atoms with E-state index in [2.05, 4.69) is 61.2 Å². The summed E-state index contributed by atoms with van der Waals surface area (Å²) in [6.07, 6.45) is 4.09. The van der Waals surface area contributed by atoms with Crippen LogP contribution in [-0.4, -0.2) is 55.6 Å². The van der Waals surface area contributed by atoms with Crippen LogP contribution in [0.5, 0.6) is 5.75 Å². The highest BCUT2D eigenvalue weighted by Crippen LogP contribution is 2.38. The Morgan fingerprint density at radius 3 is 2.05 bits per heavy atom.